The maximum Gasteiger partial charge on any atom is 0.293 e. The van der Waals surface area contributed by atoms with Crippen molar-refractivity contribution in [2.45, 2.75) is 32.5 Å². The van der Waals surface area contributed by atoms with Crippen molar-refractivity contribution in [3.8, 4) is 5.69 Å². The Hall–Kier alpha value is -2.74. The number of halogens is 1. The SMILES string of the molecule is CCCN(CC)C(=O)c1nc2n(n1)-c1ccc(Cl)cc1C1(c3ccccc3)OCCN1C2. The van der Waals surface area contributed by atoms with Crippen molar-refractivity contribution in [3.63, 3.8) is 0 Å². The van der Waals surface area contributed by atoms with Gasteiger partial charge in [-0.1, -0.05) is 48.9 Å². The van der Waals surface area contributed by atoms with Crippen LogP contribution in [0.4, 0.5) is 0 Å². The van der Waals surface area contributed by atoms with Gasteiger partial charge in [-0.15, -0.1) is 5.10 Å². The topological polar surface area (TPSA) is 63.5 Å². The quantitative estimate of drug-likeness (QED) is 0.589. The number of rotatable bonds is 5. The molecule has 3 heterocycles. The monoisotopic (exact) mass is 451 g/mol. The number of benzene rings is 2. The third-order valence-electron chi connectivity index (χ3n) is 6.19. The Bertz CT molecular complexity index is 1150. The van der Waals surface area contributed by atoms with E-state index in [1.165, 1.54) is 0 Å². The predicted octanol–water partition coefficient (Wildman–Crippen LogP) is 3.84. The largest absolute Gasteiger partial charge is 0.350 e. The first-order valence-corrected chi connectivity index (χ1v) is 11.5. The number of ether oxygens (including phenoxy) is 1. The summed E-state index contributed by atoms with van der Waals surface area (Å²) in [7, 11) is 0. The van der Waals surface area contributed by atoms with E-state index in [9.17, 15) is 4.79 Å². The van der Waals surface area contributed by atoms with Crippen LogP contribution in [0.15, 0.2) is 48.5 Å². The second-order valence-electron chi connectivity index (χ2n) is 8.09. The average Bonchev–Trinajstić information content (AvgIpc) is 3.41. The fourth-order valence-electron chi connectivity index (χ4n) is 4.76. The minimum Gasteiger partial charge on any atom is -0.350 e. The number of carbonyl (C=O) groups excluding carboxylic acids is 1. The van der Waals surface area contributed by atoms with Gasteiger partial charge in [-0.3, -0.25) is 9.69 Å². The Morgan fingerprint density at radius 3 is 2.78 bits per heavy atom. The molecule has 1 saturated heterocycles. The van der Waals surface area contributed by atoms with Gasteiger partial charge in [0.05, 0.1) is 18.8 Å². The zero-order chi connectivity index (χ0) is 22.3. The highest BCUT2D eigenvalue weighted by molar-refractivity contribution is 6.30. The summed E-state index contributed by atoms with van der Waals surface area (Å²) < 4.78 is 8.26. The van der Waals surface area contributed by atoms with Crippen molar-refractivity contribution in [1.82, 2.24) is 24.6 Å². The Balaban J connectivity index is 1.69. The number of hydrogen-bond acceptors (Lipinski definition) is 5. The third kappa shape index (κ3) is 3.23. The van der Waals surface area contributed by atoms with E-state index in [-0.39, 0.29) is 11.7 Å². The van der Waals surface area contributed by atoms with Crippen LogP contribution in [0, 0.1) is 0 Å². The highest BCUT2D eigenvalue weighted by Gasteiger charge is 2.49. The first-order chi connectivity index (χ1) is 15.6. The van der Waals surface area contributed by atoms with Crippen LogP contribution in [0.1, 0.15) is 47.8 Å². The zero-order valence-corrected chi connectivity index (χ0v) is 19.0. The first-order valence-electron chi connectivity index (χ1n) is 11.1. The number of nitrogens with zero attached hydrogens (tertiary/aromatic N) is 5. The number of amides is 1. The molecule has 166 valence electrons. The fourth-order valence-corrected chi connectivity index (χ4v) is 4.93. The molecule has 5 rings (SSSR count). The van der Waals surface area contributed by atoms with E-state index in [4.69, 9.17) is 21.3 Å². The molecule has 0 saturated carbocycles. The van der Waals surface area contributed by atoms with Crippen LogP contribution in [0.25, 0.3) is 5.69 Å². The highest BCUT2D eigenvalue weighted by Crippen LogP contribution is 2.46. The van der Waals surface area contributed by atoms with Gasteiger partial charge in [0.1, 0.15) is 5.82 Å². The van der Waals surface area contributed by atoms with Gasteiger partial charge >= 0.3 is 0 Å². The minimum atomic E-state index is -0.786. The van der Waals surface area contributed by atoms with Crippen LogP contribution in [0.5, 0.6) is 0 Å². The molecule has 0 radical (unpaired) electrons. The second-order valence-corrected chi connectivity index (χ2v) is 8.53. The van der Waals surface area contributed by atoms with Gasteiger partial charge in [-0.05, 0) is 31.5 Å². The van der Waals surface area contributed by atoms with Gasteiger partial charge in [0.15, 0.2) is 5.72 Å². The molecule has 7 nitrogen and oxygen atoms in total. The molecular weight excluding hydrogens is 426 g/mol. The molecule has 1 aromatic heterocycles. The summed E-state index contributed by atoms with van der Waals surface area (Å²) in [5, 5.41) is 5.29. The van der Waals surface area contributed by atoms with Gasteiger partial charge in [0.2, 0.25) is 5.82 Å². The lowest BCUT2D eigenvalue weighted by Crippen LogP contribution is -2.42. The maximum atomic E-state index is 13.1. The minimum absolute atomic E-state index is 0.141. The standard InChI is InChI=1S/C24H26ClN5O2/c1-3-12-28(4-2)23(31)22-26-21-16-29-13-14-32-24(29,17-8-6-5-7-9-17)19-15-18(25)10-11-20(19)30(21)27-22/h5-11,15H,3-4,12-14,16H2,1-2H3. The summed E-state index contributed by atoms with van der Waals surface area (Å²) in [5.41, 5.74) is 1.97. The Kier molecular flexibility index (Phi) is 5.49. The lowest BCUT2D eigenvalue weighted by atomic mass is 9.92. The van der Waals surface area contributed by atoms with Crippen molar-refractivity contribution in [1.29, 1.82) is 0 Å². The van der Waals surface area contributed by atoms with E-state index in [2.05, 4.69) is 29.1 Å². The van der Waals surface area contributed by atoms with E-state index in [1.54, 1.807) is 9.58 Å². The summed E-state index contributed by atoms with van der Waals surface area (Å²) in [6.07, 6.45) is 0.888. The Morgan fingerprint density at radius 1 is 1.22 bits per heavy atom. The molecule has 1 unspecified atom stereocenters. The lowest BCUT2D eigenvalue weighted by molar-refractivity contribution is -0.0551. The van der Waals surface area contributed by atoms with Crippen LogP contribution in [0.3, 0.4) is 0 Å². The van der Waals surface area contributed by atoms with Crippen LogP contribution < -0.4 is 0 Å². The number of hydrogen-bond donors (Lipinski definition) is 0. The molecule has 0 bridgehead atoms. The molecule has 0 spiro atoms. The van der Waals surface area contributed by atoms with Gasteiger partial charge < -0.3 is 9.64 Å². The van der Waals surface area contributed by atoms with Gasteiger partial charge in [0, 0.05) is 35.8 Å². The molecule has 1 fully saturated rings. The van der Waals surface area contributed by atoms with Crippen molar-refractivity contribution >= 4 is 17.5 Å². The van der Waals surface area contributed by atoms with E-state index in [1.807, 2.05) is 43.3 Å². The molecule has 1 amide bonds. The molecule has 2 aliphatic heterocycles. The Morgan fingerprint density at radius 2 is 2.03 bits per heavy atom. The molecule has 0 N–H and O–H groups in total. The zero-order valence-electron chi connectivity index (χ0n) is 18.3. The van der Waals surface area contributed by atoms with E-state index < -0.39 is 5.72 Å². The first kappa shape index (κ1) is 21.1. The van der Waals surface area contributed by atoms with Crippen LogP contribution in [0.2, 0.25) is 5.02 Å². The van der Waals surface area contributed by atoms with Crippen LogP contribution >= 0.6 is 11.6 Å². The average molecular weight is 452 g/mol. The molecule has 8 heteroatoms. The highest BCUT2D eigenvalue weighted by atomic mass is 35.5. The van der Waals surface area contributed by atoms with Gasteiger partial charge in [-0.25, -0.2) is 9.67 Å². The summed E-state index contributed by atoms with van der Waals surface area (Å²) in [6, 6.07) is 15.9. The molecule has 3 aromatic rings. The lowest BCUT2D eigenvalue weighted by Gasteiger charge is -2.37. The third-order valence-corrected chi connectivity index (χ3v) is 6.43. The normalized spacial score (nSPS) is 19.7. The van der Waals surface area contributed by atoms with E-state index in [0.717, 1.165) is 29.8 Å². The molecular formula is C24H26ClN5O2. The number of carbonyl (C=O) groups is 1. The fraction of sp³-hybridized carbons (Fsp3) is 0.375. The molecule has 0 aliphatic carbocycles. The van der Waals surface area contributed by atoms with Gasteiger partial charge in [0.25, 0.3) is 5.91 Å². The maximum absolute atomic E-state index is 13.1. The number of fused-ring (bicyclic) bond motifs is 5. The molecule has 2 aliphatic rings. The smallest absolute Gasteiger partial charge is 0.293 e. The van der Waals surface area contributed by atoms with Crippen LogP contribution in [-0.4, -0.2) is 56.7 Å². The second kappa shape index (κ2) is 8.31. The summed E-state index contributed by atoms with van der Waals surface area (Å²) in [6.45, 7) is 7.16. The van der Waals surface area contributed by atoms with Crippen LogP contribution in [-0.2, 0) is 17.0 Å². The van der Waals surface area contributed by atoms with Crippen molar-refractivity contribution < 1.29 is 9.53 Å². The Labute approximate surface area is 192 Å². The summed E-state index contributed by atoms with van der Waals surface area (Å²) in [5.74, 6) is 0.800. The van der Waals surface area contributed by atoms with E-state index in [0.29, 0.717) is 37.1 Å². The summed E-state index contributed by atoms with van der Waals surface area (Å²) >= 11 is 6.47. The summed E-state index contributed by atoms with van der Waals surface area (Å²) in [4.78, 5) is 21.8. The van der Waals surface area contributed by atoms with E-state index >= 15 is 0 Å². The van der Waals surface area contributed by atoms with Crippen molar-refractivity contribution in [2.75, 3.05) is 26.2 Å². The van der Waals surface area contributed by atoms with Gasteiger partial charge in [-0.2, -0.15) is 0 Å². The van der Waals surface area contributed by atoms with Crippen molar-refractivity contribution in [3.05, 3.63) is 76.3 Å². The van der Waals surface area contributed by atoms with Crippen molar-refractivity contribution in [2.24, 2.45) is 0 Å². The molecule has 2 aromatic carbocycles. The number of aromatic nitrogens is 3. The predicted molar refractivity (Wildman–Crippen MR) is 122 cm³/mol. The molecule has 32 heavy (non-hydrogen) atoms. The molecule has 1 atom stereocenters.